The summed E-state index contributed by atoms with van der Waals surface area (Å²) in [5.74, 6) is 1.06. The molecule has 19 heavy (non-hydrogen) atoms. The fraction of sp³-hybridized carbons (Fsp3) is 0.625. The summed E-state index contributed by atoms with van der Waals surface area (Å²) in [4.78, 5) is 2.55. The molecule has 1 unspecified atom stereocenters. The summed E-state index contributed by atoms with van der Waals surface area (Å²) in [7, 11) is 2.03. The van der Waals surface area contributed by atoms with Crippen LogP contribution < -0.4 is 10.1 Å². The van der Waals surface area contributed by atoms with Gasteiger partial charge in [-0.05, 0) is 51.4 Å². The van der Waals surface area contributed by atoms with Crippen molar-refractivity contribution < 1.29 is 4.74 Å². The Hall–Kier alpha value is -1.06. The molecule has 0 radical (unpaired) electrons. The molecule has 1 aromatic carbocycles. The monoisotopic (exact) mass is 262 g/mol. The molecule has 0 bridgehead atoms. The summed E-state index contributed by atoms with van der Waals surface area (Å²) in [5, 5.41) is 3.28. The lowest BCUT2D eigenvalue weighted by Crippen LogP contribution is -2.39. The van der Waals surface area contributed by atoms with Gasteiger partial charge < -0.3 is 10.1 Å². The van der Waals surface area contributed by atoms with Crippen LogP contribution >= 0.6 is 0 Å². The summed E-state index contributed by atoms with van der Waals surface area (Å²) in [6.45, 7) is 8.34. The Bertz CT molecular complexity index is 385. The summed E-state index contributed by atoms with van der Waals surface area (Å²) < 4.78 is 5.99. The zero-order valence-electron chi connectivity index (χ0n) is 12.4. The SMILES string of the molecule is CNCC1CCCN1CCOc1c(C)cccc1C. The predicted octanol–water partition coefficient (Wildman–Crippen LogP) is 2.37. The van der Waals surface area contributed by atoms with E-state index in [4.69, 9.17) is 4.74 Å². The quantitative estimate of drug-likeness (QED) is 0.852. The van der Waals surface area contributed by atoms with Gasteiger partial charge in [-0.25, -0.2) is 0 Å². The van der Waals surface area contributed by atoms with Gasteiger partial charge in [0.2, 0.25) is 0 Å². The Labute approximate surface area is 116 Å². The number of ether oxygens (including phenoxy) is 1. The normalized spacial score (nSPS) is 19.8. The average Bonchev–Trinajstić information content (AvgIpc) is 2.81. The number of likely N-dealkylation sites (tertiary alicyclic amines) is 1. The number of para-hydroxylation sites is 1. The lowest BCUT2D eigenvalue weighted by Gasteiger charge is -2.24. The molecule has 0 aromatic heterocycles. The van der Waals surface area contributed by atoms with Crippen molar-refractivity contribution in [1.29, 1.82) is 0 Å². The van der Waals surface area contributed by atoms with Crippen LogP contribution in [0.1, 0.15) is 24.0 Å². The van der Waals surface area contributed by atoms with Crippen LogP contribution in [0.15, 0.2) is 18.2 Å². The van der Waals surface area contributed by atoms with Crippen molar-refractivity contribution in [1.82, 2.24) is 10.2 Å². The van der Waals surface area contributed by atoms with Gasteiger partial charge in [-0.1, -0.05) is 18.2 Å². The van der Waals surface area contributed by atoms with E-state index in [-0.39, 0.29) is 0 Å². The molecular formula is C16H26N2O. The number of rotatable bonds is 6. The minimum Gasteiger partial charge on any atom is -0.492 e. The van der Waals surface area contributed by atoms with Gasteiger partial charge in [-0.15, -0.1) is 0 Å². The molecule has 1 atom stereocenters. The highest BCUT2D eigenvalue weighted by Crippen LogP contribution is 2.22. The second kappa shape index (κ2) is 6.92. The van der Waals surface area contributed by atoms with Crippen LogP contribution in [-0.4, -0.2) is 44.2 Å². The zero-order valence-corrected chi connectivity index (χ0v) is 12.4. The van der Waals surface area contributed by atoms with Crippen molar-refractivity contribution in [3.05, 3.63) is 29.3 Å². The fourth-order valence-electron chi connectivity index (χ4n) is 2.95. The average molecular weight is 262 g/mol. The number of likely N-dealkylation sites (N-methyl/N-ethyl adjacent to an activating group) is 1. The van der Waals surface area contributed by atoms with Gasteiger partial charge in [0.15, 0.2) is 0 Å². The first-order chi connectivity index (χ1) is 9.22. The third kappa shape index (κ3) is 3.71. The largest absolute Gasteiger partial charge is 0.492 e. The number of nitrogens with zero attached hydrogens (tertiary/aromatic N) is 1. The van der Waals surface area contributed by atoms with Crippen molar-refractivity contribution in [2.75, 3.05) is 33.3 Å². The third-order valence-electron chi connectivity index (χ3n) is 3.97. The molecule has 3 nitrogen and oxygen atoms in total. The number of aryl methyl sites for hydroxylation is 2. The van der Waals surface area contributed by atoms with Gasteiger partial charge in [-0.3, -0.25) is 4.90 Å². The van der Waals surface area contributed by atoms with Crippen LogP contribution in [0.2, 0.25) is 0 Å². The molecule has 3 heteroatoms. The van der Waals surface area contributed by atoms with Gasteiger partial charge in [0.05, 0.1) is 0 Å². The molecular weight excluding hydrogens is 236 g/mol. The first-order valence-electron chi connectivity index (χ1n) is 7.30. The standard InChI is InChI=1S/C16H26N2O/c1-13-6-4-7-14(2)16(13)19-11-10-18-9-5-8-15(18)12-17-3/h4,6-7,15,17H,5,8-12H2,1-3H3. The molecule has 1 fully saturated rings. The minimum absolute atomic E-state index is 0.687. The molecule has 0 amide bonds. The highest BCUT2D eigenvalue weighted by Gasteiger charge is 2.23. The first kappa shape index (κ1) is 14.4. The van der Waals surface area contributed by atoms with Gasteiger partial charge in [0.25, 0.3) is 0 Å². The van der Waals surface area contributed by atoms with Crippen molar-refractivity contribution >= 4 is 0 Å². The van der Waals surface area contributed by atoms with Crippen LogP contribution in [0.3, 0.4) is 0 Å². The second-order valence-electron chi connectivity index (χ2n) is 5.46. The number of hydrogen-bond donors (Lipinski definition) is 1. The molecule has 1 heterocycles. The summed E-state index contributed by atoms with van der Waals surface area (Å²) in [6.07, 6.45) is 2.62. The van der Waals surface area contributed by atoms with E-state index in [2.05, 4.69) is 42.3 Å². The van der Waals surface area contributed by atoms with Crippen LogP contribution in [-0.2, 0) is 0 Å². The lowest BCUT2D eigenvalue weighted by molar-refractivity contribution is 0.194. The van der Waals surface area contributed by atoms with Gasteiger partial charge in [0.1, 0.15) is 12.4 Å². The van der Waals surface area contributed by atoms with Crippen LogP contribution in [0.25, 0.3) is 0 Å². The van der Waals surface area contributed by atoms with E-state index in [1.807, 2.05) is 7.05 Å². The Kier molecular flexibility index (Phi) is 5.23. The molecule has 0 saturated carbocycles. The third-order valence-corrected chi connectivity index (χ3v) is 3.97. The Balaban J connectivity index is 1.83. The van der Waals surface area contributed by atoms with E-state index in [0.717, 1.165) is 25.4 Å². The van der Waals surface area contributed by atoms with Crippen LogP contribution in [0, 0.1) is 13.8 Å². The van der Waals surface area contributed by atoms with Crippen molar-refractivity contribution in [3.8, 4) is 5.75 Å². The zero-order chi connectivity index (χ0) is 13.7. The Morgan fingerprint density at radius 3 is 2.74 bits per heavy atom. The van der Waals surface area contributed by atoms with Crippen LogP contribution in [0.5, 0.6) is 5.75 Å². The molecule has 1 aliphatic rings. The topological polar surface area (TPSA) is 24.5 Å². The number of benzene rings is 1. The molecule has 1 N–H and O–H groups in total. The van der Waals surface area contributed by atoms with E-state index >= 15 is 0 Å². The molecule has 0 aliphatic carbocycles. The minimum atomic E-state index is 0.687. The Morgan fingerprint density at radius 2 is 2.05 bits per heavy atom. The van der Waals surface area contributed by atoms with E-state index in [1.165, 1.54) is 30.5 Å². The number of hydrogen-bond acceptors (Lipinski definition) is 3. The van der Waals surface area contributed by atoms with Crippen LogP contribution in [0.4, 0.5) is 0 Å². The van der Waals surface area contributed by atoms with Crippen molar-refractivity contribution in [2.45, 2.75) is 32.7 Å². The number of nitrogens with one attached hydrogen (secondary N) is 1. The fourth-order valence-corrected chi connectivity index (χ4v) is 2.95. The smallest absolute Gasteiger partial charge is 0.125 e. The highest BCUT2D eigenvalue weighted by molar-refractivity contribution is 5.39. The molecule has 106 valence electrons. The van der Waals surface area contributed by atoms with E-state index in [0.29, 0.717) is 6.04 Å². The van der Waals surface area contributed by atoms with E-state index in [9.17, 15) is 0 Å². The lowest BCUT2D eigenvalue weighted by atomic mass is 10.1. The van der Waals surface area contributed by atoms with Gasteiger partial charge in [0, 0.05) is 19.1 Å². The molecule has 1 aliphatic heterocycles. The van der Waals surface area contributed by atoms with Crippen molar-refractivity contribution in [2.24, 2.45) is 0 Å². The summed E-state index contributed by atoms with van der Waals surface area (Å²) in [6, 6.07) is 7.00. The maximum atomic E-state index is 5.99. The highest BCUT2D eigenvalue weighted by atomic mass is 16.5. The first-order valence-corrected chi connectivity index (χ1v) is 7.30. The van der Waals surface area contributed by atoms with Gasteiger partial charge >= 0.3 is 0 Å². The van der Waals surface area contributed by atoms with Gasteiger partial charge in [-0.2, -0.15) is 0 Å². The molecule has 1 aromatic rings. The maximum absolute atomic E-state index is 5.99. The molecule has 1 saturated heterocycles. The van der Waals surface area contributed by atoms with E-state index in [1.54, 1.807) is 0 Å². The maximum Gasteiger partial charge on any atom is 0.125 e. The molecule has 0 spiro atoms. The van der Waals surface area contributed by atoms with Crippen molar-refractivity contribution in [3.63, 3.8) is 0 Å². The predicted molar refractivity (Wildman–Crippen MR) is 79.9 cm³/mol. The summed E-state index contributed by atoms with van der Waals surface area (Å²) >= 11 is 0. The summed E-state index contributed by atoms with van der Waals surface area (Å²) in [5.41, 5.74) is 2.46. The second-order valence-corrected chi connectivity index (χ2v) is 5.46. The Morgan fingerprint density at radius 1 is 1.32 bits per heavy atom. The molecule has 2 rings (SSSR count). The van der Waals surface area contributed by atoms with E-state index < -0.39 is 0 Å².